The molecule has 3 aromatic rings. The Kier molecular flexibility index (Phi) is 3.37. The monoisotopic (exact) mass is 316 g/mol. The molecule has 0 heterocycles. The van der Waals surface area contributed by atoms with E-state index in [4.69, 9.17) is 0 Å². The number of aromatic carboxylic acids is 1. The van der Waals surface area contributed by atoms with Crippen LogP contribution >= 0.6 is 0 Å². The average Bonchev–Trinajstić information content (AvgIpc) is 2.52. The Bertz CT molecular complexity index is 928. The third kappa shape index (κ3) is 2.34. The van der Waals surface area contributed by atoms with E-state index in [1.165, 1.54) is 6.07 Å². The van der Waals surface area contributed by atoms with E-state index in [1.54, 1.807) is 18.2 Å². The molecule has 0 amide bonds. The van der Waals surface area contributed by atoms with Gasteiger partial charge in [-0.15, -0.1) is 0 Å². The van der Waals surface area contributed by atoms with E-state index in [-0.39, 0.29) is 22.1 Å². The molecule has 116 valence electrons. The average molecular weight is 316 g/mol. The molecule has 0 aromatic heterocycles. The highest BCUT2D eigenvalue weighted by Crippen LogP contribution is 2.38. The Labute approximate surface area is 128 Å². The SMILES string of the molecule is O=C(O)c1cc(-c2cc(F)c(O)c(F)c2)c2ccccc2c1O. The first-order valence-electron chi connectivity index (χ1n) is 6.56. The van der Waals surface area contributed by atoms with Crippen molar-refractivity contribution in [2.45, 2.75) is 0 Å². The van der Waals surface area contributed by atoms with Crippen LogP contribution in [0.3, 0.4) is 0 Å². The van der Waals surface area contributed by atoms with E-state index < -0.39 is 29.1 Å². The number of aromatic hydroxyl groups is 2. The van der Waals surface area contributed by atoms with Gasteiger partial charge in [0.05, 0.1) is 0 Å². The van der Waals surface area contributed by atoms with Crippen molar-refractivity contribution >= 4 is 16.7 Å². The zero-order chi connectivity index (χ0) is 16.7. The molecule has 0 fully saturated rings. The first kappa shape index (κ1) is 14.8. The van der Waals surface area contributed by atoms with Crippen LogP contribution in [0.2, 0.25) is 0 Å². The van der Waals surface area contributed by atoms with Crippen LogP contribution in [0.5, 0.6) is 11.5 Å². The highest BCUT2D eigenvalue weighted by molar-refractivity contribution is 6.07. The van der Waals surface area contributed by atoms with Gasteiger partial charge in [-0.1, -0.05) is 24.3 Å². The van der Waals surface area contributed by atoms with E-state index in [0.717, 1.165) is 18.2 Å². The number of benzene rings is 3. The normalized spacial score (nSPS) is 10.9. The van der Waals surface area contributed by atoms with E-state index in [1.807, 2.05) is 0 Å². The van der Waals surface area contributed by atoms with Crippen molar-refractivity contribution in [3.8, 4) is 22.6 Å². The predicted octanol–water partition coefficient (Wildman–Crippen LogP) is 3.89. The molecule has 0 saturated heterocycles. The van der Waals surface area contributed by atoms with Crippen LogP contribution in [0.4, 0.5) is 8.78 Å². The minimum Gasteiger partial charge on any atom is -0.506 e. The number of carbonyl (C=O) groups is 1. The third-order valence-electron chi connectivity index (χ3n) is 3.57. The van der Waals surface area contributed by atoms with Crippen molar-refractivity contribution in [2.24, 2.45) is 0 Å². The zero-order valence-electron chi connectivity index (χ0n) is 11.5. The van der Waals surface area contributed by atoms with Crippen LogP contribution < -0.4 is 0 Å². The van der Waals surface area contributed by atoms with Crippen molar-refractivity contribution < 1.29 is 28.9 Å². The largest absolute Gasteiger partial charge is 0.506 e. The lowest BCUT2D eigenvalue weighted by Gasteiger charge is -2.12. The minimum atomic E-state index is -1.37. The summed E-state index contributed by atoms with van der Waals surface area (Å²) < 4.78 is 27.2. The molecule has 0 spiro atoms. The first-order valence-corrected chi connectivity index (χ1v) is 6.56. The van der Waals surface area contributed by atoms with Gasteiger partial charge in [0.15, 0.2) is 17.4 Å². The van der Waals surface area contributed by atoms with Crippen molar-refractivity contribution in [1.29, 1.82) is 0 Å². The molecular weight excluding hydrogens is 306 g/mol. The molecule has 0 saturated carbocycles. The summed E-state index contributed by atoms with van der Waals surface area (Å²) in [5, 5.41) is 29.1. The molecule has 0 atom stereocenters. The maximum atomic E-state index is 13.6. The van der Waals surface area contributed by atoms with Crippen LogP contribution in [0.25, 0.3) is 21.9 Å². The number of hydrogen-bond acceptors (Lipinski definition) is 3. The van der Waals surface area contributed by atoms with E-state index in [9.17, 15) is 28.9 Å². The van der Waals surface area contributed by atoms with Crippen molar-refractivity contribution in [3.05, 3.63) is 59.7 Å². The molecule has 3 rings (SSSR count). The Balaban J connectivity index is 2.42. The van der Waals surface area contributed by atoms with Gasteiger partial charge in [0.2, 0.25) is 0 Å². The van der Waals surface area contributed by atoms with Crippen molar-refractivity contribution in [3.63, 3.8) is 0 Å². The number of carboxylic acid groups (broad SMARTS) is 1. The lowest BCUT2D eigenvalue weighted by molar-refractivity contribution is 0.0694. The molecule has 0 aliphatic rings. The van der Waals surface area contributed by atoms with Gasteiger partial charge in [-0.2, -0.15) is 0 Å². The number of fused-ring (bicyclic) bond motifs is 1. The number of halogens is 2. The number of phenolic OH excluding ortho intramolecular Hbond substituents is 1. The van der Waals surface area contributed by atoms with Gasteiger partial charge in [0, 0.05) is 5.39 Å². The van der Waals surface area contributed by atoms with E-state index in [2.05, 4.69) is 0 Å². The Morgan fingerprint density at radius 3 is 2.00 bits per heavy atom. The van der Waals surface area contributed by atoms with Gasteiger partial charge in [-0.05, 0) is 34.7 Å². The topological polar surface area (TPSA) is 77.8 Å². The lowest BCUT2D eigenvalue weighted by Crippen LogP contribution is -1.99. The van der Waals surface area contributed by atoms with Gasteiger partial charge in [0.25, 0.3) is 0 Å². The summed E-state index contributed by atoms with van der Waals surface area (Å²) >= 11 is 0. The predicted molar refractivity (Wildman–Crippen MR) is 79.6 cm³/mol. The Morgan fingerprint density at radius 2 is 1.43 bits per heavy atom. The highest BCUT2D eigenvalue weighted by atomic mass is 19.1. The number of rotatable bonds is 2. The number of carboxylic acids is 1. The summed E-state index contributed by atoms with van der Waals surface area (Å²) in [6, 6.07) is 9.32. The standard InChI is InChI=1S/C17H10F2O4/c18-13-5-8(6-14(19)16(13)21)11-7-12(17(22)23)15(20)10-4-2-1-3-9(10)11/h1-7,20-21H,(H,22,23). The van der Waals surface area contributed by atoms with E-state index >= 15 is 0 Å². The zero-order valence-corrected chi connectivity index (χ0v) is 11.5. The maximum Gasteiger partial charge on any atom is 0.339 e. The minimum absolute atomic E-state index is 0.0523. The number of hydrogen-bond donors (Lipinski definition) is 3. The smallest absolute Gasteiger partial charge is 0.339 e. The fraction of sp³-hybridized carbons (Fsp3) is 0. The van der Waals surface area contributed by atoms with Crippen LogP contribution in [-0.4, -0.2) is 21.3 Å². The van der Waals surface area contributed by atoms with Crippen LogP contribution in [0.1, 0.15) is 10.4 Å². The second-order valence-electron chi connectivity index (χ2n) is 4.96. The fourth-order valence-corrected chi connectivity index (χ4v) is 2.48. The second kappa shape index (κ2) is 5.24. The fourth-order valence-electron chi connectivity index (χ4n) is 2.48. The van der Waals surface area contributed by atoms with Gasteiger partial charge in [-0.25, -0.2) is 13.6 Å². The molecule has 0 aliphatic carbocycles. The summed E-state index contributed by atoms with van der Waals surface area (Å²) in [7, 11) is 0. The summed E-state index contributed by atoms with van der Waals surface area (Å²) in [5.74, 6) is -5.20. The maximum absolute atomic E-state index is 13.6. The first-order chi connectivity index (χ1) is 10.9. The molecule has 4 nitrogen and oxygen atoms in total. The summed E-state index contributed by atoms with van der Waals surface area (Å²) in [6.07, 6.45) is 0. The summed E-state index contributed by atoms with van der Waals surface area (Å²) in [4.78, 5) is 11.3. The molecule has 0 bridgehead atoms. The van der Waals surface area contributed by atoms with Gasteiger partial charge >= 0.3 is 5.97 Å². The van der Waals surface area contributed by atoms with E-state index in [0.29, 0.717) is 5.39 Å². The van der Waals surface area contributed by atoms with Gasteiger partial charge in [0.1, 0.15) is 11.3 Å². The molecule has 3 N–H and O–H groups in total. The van der Waals surface area contributed by atoms with Crippen LogP contribution in [0, 0.1) is 11.6 Å². The second-order valence-corrected chi connectivity index (χ2v) is 4.96. The Hall–Kier alpha value is -3.15. The molecule has 0 aliphatic heterocycles. The van der Waals surface area contributed by atoms with Crippen molar-refractivity contribution in [2.75, 3.05) is 0 Å². The molecule has 3 aromatic carbocycles. The van der Waals surface area contributed by atoms with Gasteiger partial charge < -0.3 is 15.3 Å². The molecule has 0 radical (unpaired) electrons. The summed E-state index contributed by atoms with van der Waals surface area (Å²) in [5.41, 5.74) is -0.0994. The molecular formula is C17H10F2O4. The molecule has 23 heavy (non-hydrogen) atoms. The summed E-state index contributed by atoms with van der Waals surface area (Å²) in [6.45, 7) is 0. The highest BCUT2D eigenvalue weighted by Gasteiger charge is 2.19. The van der Waals surface area contributed by atoms with Crippen molar-refractivity contribution in [1.82, 2.24) is 0 Å². The third-order valence-corrected chi connectivity index (χ3v) is 3.57. The molecule has 0 unspecified atom stereocenters. The quantitative estimate of drug-likeness (QED) is 0.670. The lowest BCUT2D eigenvalue weighted by atomic mass is 9.94. The van der Waals surface area contributed by atoms with Crippen LogP contribution in [-0.2, 0) is 0 Å². The number of phenols is 2. The van der Waals surface area contributed by atoms with Crippen LogP contribution in [0.15, 0.2) is 42.5 Å². The molecule has 6 heteroatoms. The van der Waals surface area contributed by atoms with Gasteiger partial charge in [-0.3, -0.25) is 0 Å². The Morgan fingerprint density at radius 1 is 0.870 bits per heavy atom.